The summed E-state index contributed by atoms with van der Waals surface area (Å²) in [5, 5.41) is 11.8. The van der Waals surface area contributed by atoms with E-state index in [9.17, 15) is 18.0 Å². The summed E-state index contributed by atoms with van der Waals surface area (Å²) in [6, 6.07) is 4.84. The molecule has 2 aromatic heterocycles. The molecular formula is C19H19F3N6O. The number of carbonyl (C=O) groups excluding carboxylic acids is 1. The topological polar surface area (TPSA) is 68.8 Å². The minimum atomic E-state index is -4.54. The van der Waals surface area contributed by atoms with Gasteiger partial charge in [-0.3, -0.25) is 9.48 Å². The number of carbonyl (C=O) groups is 1. The van der Waals surface area contributed by atoms with Gasteiger partial charge in [-0.25, -0.2) is 4.68 Å². The molecule has 3 aromatic rings. The summed E-state index contributed by atoms with van der Waals surface area (Å²) in [5.41, 5.74) is -0.294. The summed E-state index contributed by atoms with van der Waals surface area (Å²) in [5.74, 6) is -0.381. The van der Waals surface area contributed by atoms with E-state index in [2.05, 4.69) is 15.4 Å². The van der Waals surface area contributed by atoms with Crippen LogP contribution in [0.1, 0.15) is 41.5 Å². The maximum atomic E-state index is 13.3. The minimum Gasteiger partial charge on any atom is -0.329 e. The number of alkyl halides is 3. The number of aryl methyl sites for hydroxylation is 1. The van der Waals surface area contributed by atoms with E-state index < -0.39 is 11.7 Å². The third kappa shape index (κ3) is 3.28. The minimum absolute atomic E-state index is 0.00799. The van der Waals surface area contributed by atoms with Crippen molar-refractivity contribution in [2.24, 2.45) is 12.5 Å². The molecule has 152 valence electrons. The number of hydrogen-bond donors (Lipinski definition) is 0. The summed E-state index contributed by atoms with van der Waals surface area (Å²) >= 11 is 0. The summed E-state index contributed by atoms with van der Waals surface area (Å²) < 4.78 is 42.5. The standard InChI is InChI=1S/C19H19F3N6O/c1-18(2)11-27(16(18)12-8-23-26(3)9-12)17(29)14-10-28(25-24-14)15-7-5-4-6-13(15)19(20,21)22/h4-10,16H,11H2,1-3H3. The summed E-state index contributed by atoms with van der Waals surface area (Å²) in [6.07, 6.45) is 0.253. The van der Waals surface area contributed by atoms with Gasteiger partial charge in [-0.1, -0.05) is 31.2 Å². The zero-order chi connectivity index (χ0) is 21.0. The fourth-order valence-electron chi connectivity index (χ4n) is 3.87. The van der Waals surface area contributed by atoms with Gasteiger partial charge in [0.1, 0.15) is 0 Å². The fourth-order valence-corrected chi connectivity index (χ4v) is 3.87. The van der Waals surface area contributed by atoms with Gasteiger partial charge in [0.15, 0.2) is 5.69 Å². The van der Waals surface area contributed by atoms with Crippen LogP contribution in [0.25, 0.3) is 5.69 Å². The Morgan fingerprint density at radius 1 is 1.21 bits per heavy atom. The highest BCUT2D eigenvalue weighted by molar-refractivity contribution is 5.93. The van der Waals surface area contributed by atoms with Gasteiger partial charge in [-0.05, 0) is 12.1 Å². The highest BCUT2D eigenvalue weighted by atomic mass is 19.4. The quantitative estimate of drug-likeness (QED) is 0.672. The van der Waals surface area contributed by atoms with E-state index in [1.54, 1.807) is 22.8 Å². The van der Waals surface area contributed by atoms with Gasteiger partial charge in [0, 0.05) is 30.8 Å². The van der Waals surface area contributed by atoms with E-state index in [4.69, 9.17) is 0 Å². The molecule has 1 unspecified atom stereocenters. The molecule has 0 bridgehead atoms. The van der Waals surface area contributed by atoms with Crippen molar-refractivity contribution >= 4 is 5.91 Å². The molecule has 7 nitrogen and oxygen atoms in total. The largest absolute Gasteiger partial charge is 0.418 e. The first kappa shape index (κ1) is 19.2. The van der Waals surface area contributed by atoms with Gasteiger partial charge in [-0.2, -0.15) is 18.3 Å². The number of nitrogens with zero attached hydrogens (tertiary/aromatic N) is 6. The molecule has 1 saturated heterocycles. The van der Waals surface area contributed by atoms with E-state index in [0.29, 0.717) is 6.54 Å². The number of aromatic nitrogens is 5. The van der Waals surface area contributed by atoms with E-state index in [1.165, 1.54) is 24.4 Å². The Morgan fingerprint density at radius 3 is 2.55 bits per heavy atom. The van der Waals surface area contributed by atoms with E-state index in [-0.39, 0.29) is 28.7 Å². The third-order valence-electron chi connectivity index (χ3n) is 5.10. The van der Waals surface area contributed by atoms with Gasteiger partial charge in [0.05, 0.1) is 29.7 Å². The second-order valence-electron chi connectivity index (χ2n) is 7.83. The number of rotatable bonds is 3. The molecule has 0 spiro atoms. The van der Waals surface area contributed by atoms with Crippen molar-refractivity contribution in [2.75, 3.05) is 6.54 Å². The lowest BCUT2D eigenvalue weighted by atomic mass is 9.72. The molecule has 0 aliphatic carbocycles. The summed E-state index contributed by atoms with van der Waals surface area (Å²) in [7, 11) is 1.80. The van der Waals surface area contributed by atoms with Crippen molar-refractivity contribution in [2.45, 2.75) is 26.1 Å². The molecule has 4 rings (SSSR count). The van der Waals surface area contributed by atoms with Crippen LogP contribution in [0.4, 0.5) is 13.2 Å². The Labute approximate surface area is 164 Å². The van der Waals surface area contributed by atoms with Gasteiger partial charge in [0.2, 0.25) is 0 Å². The molecule has 0 N–H and O–H groups in total. The maximum Gasteiger partial charge on any atom is 0.418 e. The first-order chi connectivity index (χ1) is 13.6. The Kier molecular flexibility index (Phi) is 4.25. The third-order valence-corrected chi connectivity index (χ3v) is 5.10. The van der Waals surface area contributed by atoms with Crippen LogP contribution < -0.4 is 0 Å². The van der Waals surface area contributed by atoms with E-state index in [1.807, 2.05) is 20.0 Å². The molecule has 29 heavy (non-hydrogen) atoms. The van der Waals surface area contributed by atoms with Gasteiger partial charge in [-0.15, -0.1) is 5.10 Å². The van der Waals surface area contributed by atoms with Crippen LogP contribution >= 0.6 is 0 Å². The molecule has 3 heterocycles. The lowest BCUT2D eigenvalue weighted by Crippen LogP contribution is -2.57. The molecule has 1 fully saturated rings. The Hall–Kier alpha value is -3.17. The smallest absolute Gasteiger partial charge is 0.329 e. The highest BCUT2D eigenvalue weighted by Crippen LogP contribution is 2.48. The van der Waals surface area contributed by atoms with E-state index in [0.717, 1.165) is 16.3 Å². The van der Waals surface area contributed by atoms with Crippen molar-refractivity contribution in [1.29, 1.82) is 0 Å². The normalized spacial score (nSPS) is 18.6. The molecule has 0 radical (unpaired) electrons. The SMILES string of the molecule is Cn1cc(C2N(C(=O)c3cn(-c4ccccc4C(F)(F)F)nn3)CC2(C)C)cn1. The van der Waals surface area contributed by atoms with Crippen molar-refractivity contribution in [3.63, 3.8) is 0 Å². The predicted molar refractivity (Wildman–Crippen MR) is 97.1 cm³/mol. The van der Waals surface area contributed by atoms with Gasteiger partial charge >= 0.3 is 6.18 Å². The second-order valence-corrected chi connectivity index (χ2v) is 7.83. The van der Waals surface area contributed by atoms with E-state index >= 15 is 0 Å². The fraction of sp³-hybridized carbons (Fsp3) is 0.368. The van der Waals surface area contributed by atoms with Crippen molar-refractivity contribution < 1.29 is 18.0 Å². The Morgan fingerprint density at radius 2 is 1.93 bits per heavy atom. The number of hydrogen-bond acceptors (Lipinski definition) is 4. The first-order valence-corrected chi connectivity index (χ1v) is 8.96. The average Bonchev–Trinajstić information content (AvgIpc) is 3.28. The van der Waals surface area contributed by atoms with Crippen LogP contribution in [0.3, 0.4) is 0 Å². The van der Waals surface area contributed by atoms with Crippen LogP contribution in [-0.2, 0) is 13.2 Å². The lowest BCUT2D eigenvalue weighted by Gasteiger charge is -2.53. The average molecular weight is 404 g/mol. The van der Waals surface area contributed by atoms with Gasteiger partial charge < -0.3 is 4.90 Å². The second kappa shape index (κ2) is 6.43. The zero-order valence-electron chi connectivity index (χ0n) is 16.1. The van der Waals surface area contributed by atoms with Crippen LogP contribution in [-0.4, -0.2) is 42.1 Å². The molecular weight excluding hydrogens is 385 g/mol. The van der Waals surface area contributed by atoms with Crippen molar-refractivity contribution in [1.82, 2.24) is 29.7 Å². The van der Waals surface area contributed by atoms with Crippen LogP contribution in [0, 0.1) is 5.41 Å². The van der Waals surface area contributed by atoms with Crippen LogP contribution in [0.2, 0.25) is 0 Å². The highest BCUT2D eigenvalue weighted by Gasteiger charge is 2.50. The Bertz CT molecular complexity index is 1070. The lowest BCUT2D eigenvalue weighted by molar-refractivity contribution is -0.137. The van der Waals surface area contributed by atoms with Crippen molar-refractivity contribution in [3.05, 3.63) is 59.7 Å². The van der Waals surface area contributed by atoms with Crippen molar-refractivity contribution in [3.8, 4) is 5.69 Å². The maximum absolute atomic E-state index is 13.3. The number of likely N-dealkylation sites (tertiary alicyclic amines) is 1. The zero-order valence-corrected chi connectivity index (χ0v) is 16.1. The first-order valence-electron chi connectivity index (χ1n) is 8.96. The Balaban J connectivity index is 1.63. The molecule has 1 aliphatic rings. The molecule has 1 amide bonds. The predicted octanol–water partition coefficient (Wildman–Crippen LogP) is 3.24. The van der Waals surface area contributed by atoms with Crippen LogP contribution in [0.15, 0.2) is 42.9 Å². The molecule has 1 aliphatic heterocycles. The number of para-hydroxylation sites is 1. The monoisotopic (exact) mass is 404 g/mol. The van der Waals surface area contributed by atoms with Gasteiger partial charge in [0.25, 0.3) is 5.91 Å². The molecule has 10 heteroatoms. The van der Waals surface area contributed by atoms with Crippen LogP contribution in [0.5, 0.6) is 0 Å². The number of benzene rings is 1. The molecule has 0 saturated carbocycles. The number of amides is 1. The summed E-state index contributed by atoms with van der Waals surface area (Å²) in [4.78, 5) is 14.6. The number of halogens is 3. The summed E-state index contributed by atoms with van der Waals surface area (Å²) in [6.45, 7) is 4.59. The molecule has 1 aromatic carbocycles. The molecule has 1 atom stereocenters.